The summed E-state index contributed by atoms with van der Waals surface area (Å²) in [5, 5.41) is 6.55. The van der Waals surface area contributed by atoms with Crippen molar-refractivity contribution in [3.8, 4) is 17.2 Å². The fourth-order valence-electron chi connectivity index (χ4n) is 2.83. The predicted octanol–water partition coefficient (Wildman–Crippen LogP) is 2.72. The first-order valence-corrected chi connectivity index (χ1v) is 9.55. The number of aromatic amines is 1. The van der Waals surface area contributed by atoms with Crippen molar-refractivity contribution in [1.29, 1.82) is 0 Å². The van der Waals surface area contributed by atoms with Gasteiger partial charge in [-0.05, 0) is 26.0 Å². The molecule has 0 aliphatic heterocycles. The van der Waals surface area contributed by atoms with Gasteiger partial charge in [-0.3, -0.25) is 9.59 Å². The summed E-state index contributed by atoms with van der Waals surface area (Å²) >= 11 is 1.36. The van der Waals surface area contributed by atoms with Crippen LogP contribution in [0, 0.1) is 6.92 Å². The van der Waals surface area contributed by atoms with Crippen LogP contribution in [0.5, 0.6) is 17.2 Å². The van der Waals surface area contributed by atoms with Crippen LogP contribution in [0.4, 0.5) is 5.13 Å². The van der Waals surface area contributed by atoms with E-state index in [2.05, 4.69) is 20.6 Å². The van der Waals surface area contributed by atoms with Gasteiger partial charge in [-0.2, -0.15) is 0 Å². The summed E-state index contributed by atoms with van der Waals surface area (Å²) in [6.45, 7) is 3.50. The first-order valence-electron chi connectivity index (χ1n) is 8.73. The molecule has 0 aliphatic rings. The molecule has 1 aromatic carbocycles. The number of anilines is 1. The molecule has 0 saturated carbocycles. The van der Waals surface area contributed by atoms with Crippen LogP contribution in [0.1, 0.15) is 22.3 Å². The number of thiazole rings is 1. The summed E-state index contributed by atoms with van der Waals surface area (Å²) in [4.78, 5) is 33.1. The van der Waals surface area contributed by atoms with Crippen molar-refractivity contribution in [1.82, 2.24) is 15.3 Å². The van der Waals surface area contributed by atoms with Crippen molar-refractivity contribution < 1.29 is 23.8 Å². The predicted molar refractivity (Wildman–Crippen MR) is 110 cm³/mol. The van der Waals surface area contributed by atoms with Gasteiger partial charge in [0.1, 0.15) is 11.7 Å². The number of aryl methyl sites for hydroxylation is 1. The molecular weight excluding hydrogens is 396 g/mol. The van der Waals surface area contributed by atoms with Crippen LogP contribution in [0.3, 0.4) is 0 Å². The van der Waals surface area contributed by atoms with Gasteiger partial charge in [0, 0.05) is 16.5 Å². The number of rotatable bonds is 7. The van der Waals surface area contributed by atoms with Crippen LogP contribution < -0.4 is 24.8 Å². The quantitative estimate of drug-likeness (QED) is 0.544. The maximum absolute atomic E-state index is 12.7. The number of benzene rings is 1. The minimum Gasteiger partial charge on any atom is -0.493 e. The van der Waals surface area contributed by atoms with E-state index in [1.165, 1.54) is 32.7 Å². The number of aromatic nitrogens is 2. The number of fused-ring (bicyclic) bond motifs is 1. The molecule has 10 heteroatoms. The molecule has 0 bridgehead atoms. The molecule has 2 amide bonds. The molecule has 1 atom stereocenters. The zero-order valence-corrected chi connectivity index (χ0v) is 17.5. The minimum absolute atomic E-state index is 0.276. The van der Waals surface area contributed by atoms with E-state index in [4.69, 9.17) is 14.2 Å². The van der Waals surface area contributed by atoms with E-state index in [-0.39, 0.29) is 11.6 Å². The summed E-state index contributed by atoms with van der Waals surface area (Å²) in [5.41, 5.74) is 0.865. The first-order chi connectivity index (χ1) is 13.9. The Hall–Kier alpha value is -3.27. The van der Waals surface area contributed by atoms with Crippen LogP contribution in [0.2, 0.25) is 0 Å². The molecule has 29 heavy (non-hydrogen) atoms. The SMILES string of the molecule is COc1cc2cc(C(=O)N[C@@H](C)C(=O)Nc3ncc(C)s3)[nH]c2c(OC)c1OC. The van der Waals surface area contributed by atoms with Gasteiger partial charge in [-0.1, -0.05) is 0 Å². The molecule has 0 unspecified atom stereocenters. The van der Waals surface area contributed by atoms with E-state index in [1.807, 2.05) is 6.92 Å². The van der Waals surface area contributed by atoms with Gasteiger partial charge in [0.05, 0.1) is 26.8 Å². The monoisotopic (exact) mass is 418 g/mol. The highest BCUT2D eigenvalue weighted by atomic mass is 32.1. The molecule has 154 valence electrons. The summed E-state index contributed by atoms with van der Waals surface area (Å²) < 4.78 is 16.1. The average molecular weight is 418 g/mol. The molecule has 0 radical (unpaired) electrons. The lowest BCUT2D eigenvalue weighted by atomic mass is 10.2. The highest BCUT2D eigenvalue weighted by Crippen LogP contribution is 2.43. The number of nitrogens with zero attached hydrogens (tertiary/aromatic N) is 1. The van der Waals surface area contributed by atoms with Crippen LogP contribution >= 0.6 is 11.3 Å². The highest BCUT2D eigenvalue weighted by molar-refractivity contribution is 7.15. The van der Waals surface area contributed by atoms with E-state index in [1.54, 1.807) is 25.3 Å². The Morgan fingerprint density at radius 3 is 2.45 bits per heavy atom. The zero-order valence-electron chi connectivity index (χ0n) is 16.7. The molecule has 9 nitrogen and oxygen atoms in total. The number of amides is 2. The van der Waals surface area contributed by atoms with Crippen molar-refractivity contribution in [2.75, 3.05) is 26.6 Å². The smallest absolute Gasteiger partial charge is 0.268 e. The third-order valence-corrected chi connectivity index (χ3v) is 5.09. The second-order valence-electron chi connectivity index (χ2n) is 6.25. The Morgan fingerprint density at radius 1 is 1.14 bits per heavy atom. The van der Waals surface area contributed by atoms with Gasteiger partial charge >= 0.3 is 0 Å². The number of nitrogens with one attached hydrogen (secondary N) is 3. The van der Waals surface area contributed by atoms with Crippen molar-refractivity contribution in [2.45, 2.75) is 19.9 Å². The highest BCUT2D eigenvalue weighted by Gasteiger charge is 2.22. The van der Waals surface area contributed by atoms with Gasteiger partial charge in [0.2, 0.25) is 11.7 Å². The van der Waals surface area contributed by atoms with E-state index in [9.17, 15) is 9.59 Å². The maximum Gasteiger partial charge on any atom is 0.268 e. The Balaban J connectivity index is 1.80. The Bertz CT molecular complexity index is 1060. The van der Waals surface area contributed by atoms with Gasteiger partial charge in [-0.25, -0.2) is 4.98 Å². The van der Waals surface area contributed by atoms with Crippen molar-refractivity contribution in [3.63, 3.8) is 0 Å². The standard InChI is InChI=1S/C19H22N4O5S/c1-9-8-20-19(29-9)23-17(24)10(2)21-18(25)12-6-11-7-13(26-3)15(27-4)16(28-5)14(11)22-12/h6-8,10,22H,1-5H3,(H,21,25)(H,20,23,24)/t10-/m0/s1. The van der Waals surface area contributed by atoms with E-state index < -0.39 is 11.9 Å². The summed E-state index contributed by atoms with van der Waals surface area (Å²) in [5.74, 6) is 0.534. The zero-order chi connectivity index (χ0) is 21.1. The normalized spacial score (nSPS) is 11.8. The Labute approximate surface area is 171 Å². The summed E-state index contributed by atoms with van der Waals surface area (Å²) in [6, 6.07) is 2.64. The Kier molecular flexibility index (Phi) is 5.92. The second-order valence-corrected chi connectivity index (χ2v) is 7.49. The van der Waals surface area contributed by atoms with E-state index in [0.717, 1.165) is 4.88 Å². The lowest BCUT2D eigenvalue weighted by Gasteiger charge is -2.13. The molecule has 2 heterocycles. The van der Waals surface area contributed by atoms with Gasteiger partial charge in [0.25, 0.3) is 5.91 Å². The second kappa shape index (κ2) is 8.39. The number of ether oxygens (including phenoxy) is 3. The molecule has 3 aromatic rings. The molecule has 0 fully saturated rings. The number of hydrogen-bond donors (Lipinski definition) is 3. The number of carbonyl (C=O) groups excluding carboxylic acids is 2. The number of H-pyrrole nitrogens is 1. The molecule has 3 N–H and O–H groups in total. The van der Waals surface area contributed by atoms with Crippen LogP contribution in [0.25, 0.3) is 10.9 Å². The molecule has 0 aliphatic carbocycles. The fourth-order valence-corrected chi connectivity index (χ4v) is 3.50. The van der Waals surface area contributed by atoms with Crippen LogP contribution in [-0.4, -0.2) is 49.2 Å². The minimum atomic E-state index is -0.760. The summed E-state index contributed by atoms with van der Waals surface area (Å²) in [6.07, 6.45) is 1.67. The van der Waals surface area contributed by atoms with E-state index in [0.29, 0.717) is 33.3 Å². The third kappa shape index (κ3) is 4.11. The largest absolute Gasteiger partial charge is 0.493 e. The van der Waals surface area contributed by atoms with Crippen LogP contribution in [-0.2, 0) is 4.79 Å². The first kappa shape index (κ1) is 20.5. The lowest BCUT2D eigenvalue weighted by Crippen LogP contribution is -2.41. The van der Waals surface area contributed by atoms with Crippen molar-refractivity contribution in [2.24, 2.45) is 0 Å². The van der Waals surface area contributed by atoms with Crippen molar-refractivity contribution >= 4 is 39.2 Å². The number of methoxy groups -OCH3 is 3. The van der Waals surface area contributed by atoms with E-state index >= 15 is 0 Å². The molecule has 0 saturated heterocycles. The molecule has 3 rings (SSSR count). The summed E-state index contributed by atoms with van der Waals surface area (Å²) in [7, 11) is 4.53. The lowest BCUT2D eigenvalue weighted by molar-refractivity contribution is -0.117. The molecular formula is C19H22N4O5S. The average Bonchev–Trinajstić information content (AvgIpc) is 3.31. The van der Waals surface area contributed by atoms with Gasteiger partial charge < -0.3 is 29.8 Å². The van der Waals surface area contributed by atoms with Crippen LogP contribution in [0.15, 0.2) is 18.3 Å². The number of hydrogen-bond acceptors (Lipinski definition) is 7. The topological polar surface area (TPSA) is 115 Å². The maximum atomic E-state index is 12.7. The Morgan fingerprint density at radius 2 is 1.86 bits per heavy atom. The fraction of sp³-hybridized carbons (Fsp3) is 0.316. The number of carbonyl (C=O) groups is 2. The third-order valence-electron chi connectivity index (χ3n) is 4.26. The molecule has 2 aromatic heterocycles. The van der Waals surface area contributed by atoms with Crippen molar-refractivity contribution in [3.05, 3.63) is 28.9 Å². The van der Waals surface area contributed by atoms with Gasteiger partial charge in [0.15, 0.2) is 16.6 Å². The van der Waals surface area contributed by atoms with Gasteiger partial charge in [-0.15, -0.1) is 11.3 Å². The molecule has 0 spiro atoms.